The van der Waals surface area contributed by atoms with Crippen molar-refractivity contribution < 1.29 is 23.5 Å². The van der Waals surface area contributed by atoms with Crippen LogP contribution in [0.3, 0.4) is 0 Å². The van der Waals surface area contributed by atoms with E-state index >= 15 is 0 Å². The Bertz CT molecular complexity index is 962. The largest absolute Gasteiger partial charge is 0.452 e. The Hall–Kier alpha value is -3.42. The number of fused-ring (bicyclic) bond motifs is 3. The van der Waals surface area contributed by atoms with Gasteiger partial charge in [-0.2, -0.15) is 0 Å². The van der Waals surface area contributed by atoms with Gasteiger partial charge in [-0.25, -0.2) is 9.18 Å². The van der Waals surface area contributed by atoms with Gasteiger partial charge in [-0.05, 0) is 49.2 Å². The third kappa shape index (κ3) is 3.53. The van der Waals surface area contributed by atoms with Crippen LogP contribution in [0.2, 0.25) is 0 Å². The van der Waals surface area contributed by atoms with Crippen molar-refractivity contribution in [3.05, 3.63) is 53.8 Å². The maximum Gasteiger partial charge on any atom is 0.338 e. The summed E-state index contributed by atoms with van der Waals surface area (Å²) in [4.78, 5) is 38.4. The van der Waals surface area contributed by atoms with Crippen LogP contribution in [0.15, 0.2) is 42.5 Å². The number of nitrogens with one attached hydrogen (secondary N) is 2. The van der Waals surface area contributed by atoms with Crippen molar-refractivity contribution in [1.29, 1.82) is 0 Å². The first-order chi connectivity index (χ1) is 13.5. The molecular formula is C20H18FN3O4. The van der Waals surface area contributed by atoms with Gasteiger partial charge < -0.3 is 20.3 Å². The van der Waals surface area contributed by atoms with Crippen LogP contribution in [-0.2, 0) is 14.3 Å². The lowest BCUT2D eigenvalue weighted by Crippen LogP contribution is -2.43. The number of hydrogen-bond acceptors (Lipinski definition) is 5. The first kappa shape index (κ1) is 18.0. The zero-order valence-corrected chi connectivity index (χ0v) is 14.9. The molecule has 1 saturated heterocycles. The first-order valence-electron chi connectivity index (χ1n) is 8.95. The summed E-state index contributed by atoms with van der Waals surface area (Å²) < 4.78 is 18.2. The lowest BCUT2D eigenvalue weighted by molar-refractivity contribution is -0.119. The molecule has 2 heterocycles. The first-order valence-corrected chi connectivity index (χ1v) is 8.95. The van der Waals surface area contributed by atoms with Gasteiger partial charge in [-0.1, -0.05) is 6.07 Å². The molecule has 1 atom stereocenters. The molecule has 7 nitrogen and oxygen atoms in total. The molecule has 0 unspecified atom stereocenters. The maximum absolute atomic E-state index is 13.1. The molecule has 2 aromatic carbocycles. The van der Waals surface area contributed by atoms with E-state index in [-0.39, 0.29) is 23.2 Å². The van der Waals surface area contributed by atoms with Crippen molar-refractivity contribution in [2.75, 3.05) is 28.7 Å². The Kier molecular flexibility index (Phi) is 4.68. The fraction of sp³-hybridized carbons (Fsp3) is 0.250. The Labute approximate surface area is 160 Å². The molecule has 0 radical (unpaired) electrons. The highest BCUT2D eigenvalue weighted by Crippen LogP contribution is 2.37. The number of halogens is 1. The van der Waals surface area contributed by atoms with E-state index in [1.807, 2.05) is 4.90 Å². The molecule has 2 aromatic rings. The minimum Gasteiger partial charge on any atom is -0.452 e. The average molecular weight is 383 g/mol. The van der Waals surface area contributed by atoms with E-state index in [9.17, 15) is 18.8 Å². The molecule has 0 saturated carbocycles. The molecule has 2 amide bonds. The van der Waals surface area contributed by atoms with E-state index in [1.165, 1.54) is 18.2 Å². The topological polar surface area (TPSA) is 87.7 Å². The Morgan fingerprint density at radius 2 is 2.11 bits per heavy atom. The minimum absolute atomic E-state index is 0.0787. The van der Waals surface area contributed by atoms with Gasteiger partial charge in [0.25, 0.3) is 5.91 Å². The normalized spacial score (nSPS) is 17.4. The number of rotatable bonds is 4. The van der Waals surface area contributed by atoms with Crippen molar-refractivity contribution in [2.45, 2.75) is 18.9 Å². The van der Waals surface area contributed by atoms with E-state index in [0.29, 0.717) is 5.69 Å². The highest BCUT2D eigenvalue weighted by Gasteiger charge is 2.36. The molecular weight excluding hydrogens is 365 g/mol. The number of benzene rings is 2. The number of esters is 1. The fourth-order valence-electron chi connectivity index (χ4n) is 3.53. The van der Waals surface area contributed by atoms with Gasteiger partial charge in [-0.3, -0.25) is 9.59 Å². The molecule has 2 aliphatic heterocycles. The molecule has 4 rings (SSSR count). The summed E-state index contributed by atoms with van der Waals surface area (Å²) in [5, 5.41) is 5.28. The average Bonchev–Trinajstić information content (AvgIpc) is 3.16. The summed E-state index contributed by atoms with van der Waals surface area (Å²) in [6, 6.07) is 10.2. The summed E-state index contributed by atoms with van der Waals surface area (Å²) in [6.07, 6.45) is 1.76. The van der Waals surface area contributed by atoms with Crippen LogP contribution < -0.4 is 15.5 Å². The van der Waals surface area contributed by atoms with Crippen LogP contribution in [0.1, 0.15) is 23.2 Å². The van der Waals surface area contributed by atoms with Crippen LogP contribution in [0, 0.1) is 5.82 Å². The van der Waals surface area contributed by atoms with E-state index < -0.39 is 24.3 Å². The summed E-state index contributed by atoms with van der Waals surface area (Å²) in [6.45, 7) is 0.294. The van der Waals surface area contributed by atoms with Crippen LogP contribution >= 0.6 is 0 Å². The van der Waals surface area contributed by atoms with Crippen molar-refractivity contribution >= 4 is 34.8 Å². The number of ether oxygens (including phenoxy) is 1. The number of carbonyl (C=O) groups is 3. The fourth-order valence-corrected chi connectivity index (χ4v) is 3.53. The lowest BCUT2D eigenvalue weighted by atomic mass is 10.1. The van der Waals surface area contributed by atoms with Gasteiger partial charge in [-0.15, -0.1) is 0 Å². The van der Waals surface area contributed by atoms with Gasteiger partial charge in [0, 0.05) is 12.2 Å². The molecule has 8 heteroatoms. The molecule has 2 aliphatic rings. The van der Waals surface area contributed by atoms with Gasteiger partial charge in [0.2, 0.25) is 5.91 Å². The van der Waals surface area contributed by atoms with Gasteiger partial charge in [0.1, 0.15) is 11.9 Å². The van der Waals surface area contributed by atoms with E-state index in [2.05, 4.69) is 10.6 Å². The molecule has 1 fully saturated rings. The third-order valence-electron chi connectivity index (χ3n) is 4.80. The predicted molar refractivity (Wildman–Crippen MR) is 101 cm³/mol. The van der Waals surface area contributed by atoms with Crippen LogP contribution in [-0.4, -0.2) is 37.0 Å². The monoisotopic (exact) mass is 383 g/mol. The molecule has 0 aliphatic carbocycles. The number of carbonyl (C=O) groups excluding carboxylic acids is 3. The van der Waals surface area contributed by atoms with E-state index in [0.717, 1.165) is 31.1 Å². The standard InChI is InChI=1S/C20H18FN3O4/c21-13-3-1-4-14(10-13)22-18(25)11-28-20(27)12-6-7-16-15(9-12)23-19(26)17-5-2-8-24(16)17/h1,3-4,6-7,9-10,17H,2,5,8,11H2,(H,22,25)(H,23,26)/t17-/m1/s1. The molecule has 144 valence electrons. The quantitative estimate of drug-likeness (QED) is 0.793. The van der Waals surface area contributed by atoms with Gasteiger partial charge in [0.15, 0.2) is 6.61 Å². The molecule has 2 N–H and O–H groups in total. The molecule has 0 bridgehead atoms. The second kappa shape index (κ2) is 7.30. The van der Waals surface area contributed by atoms with Crippen molar-refractivity contribution in [1.82, 2.24) is 0 Å². The summed E-state index contributed by atoms with van der Waals surface area (Å²) in [5.74, 6) is -1.82. The maximum atomic E-state index is 13.1. The van der Waals surface area contributed by atoms with Crippen molar-refractivity contribution in [3.8, 4) is 0 Å². The zero-order chi connectivity index (χ0) is 19.7. The van der Waals surface area contributed by atoms with Crippen LogP contribution in [0.25, 0.3) is 0 Å². The third-order valence-corrected chi connectivity index (χ3v) is 4.80. The zero-order valence-electron chi connectivity index (χ0n) is 14.9. The second-order valence-corrected chi connectivity index (χ2v) is 6.71. The van der Waals surface area contributed by atoms with Crippen LogP contribution in [0.4, 0.5) is 21.5 Å². The second-order valence-electron chi connectivity index (χ2n) is 6.71. The van der Waals surface area contributed by atoms with Crippen molar-refractivity contribution in [3.63, 3.8) is 0 Å². The summed E-state index contributed by atoms with van der Waals surface area (Å²) in [5.41, 5.74) is 1.94. The van der Waals surface area contributed by atoms with E-state index in [1.54, 1.807) is 18.2 Å². The Balaban J connectivity index is 1.39. The van der Waals surface area contributed by atoms with Gasteiger partial charge in [0.05, 0.1) is 16.9 Å². The van der Waals surface area contributed by atoms with Gasteiger partial charge >= 0.3 is 5.97 Å². The highest BCUT2D eigenvalue weighted by molar-refractivity contribution is 6.05. The molecule has 28 heavy (non-hydrogen) atoms. The Morgan fingerprint density at radius 3 is 2.93 bits per heavy atom. The Morgan fingerprint density at radius 1 is 1.25 bits per heavy atom. The van der Waals surface area contributed by atoms with Crippen LogP contribution in [0.5, 0.6) is 0 Å². The lowest BCUT2D eigenvalue weighted by Gasteiger charge is -2.33. The molecule has 0 aromatic heterocycles. The summed E-state index contributed by atoms with van der Waals surface area (Å²) in [7, 11) is 0. The highest BCUT2D eigenvalue weighted by atomic mass is 19.1. The minimum atomic E-state index is -0.685. The number of amides is 2. The number of hydrogen-bond donors (Lipinski definition) is 2. The smallest absolute Gasteiger partial charge is 0.338 e. The number of nitrogens with zero attached hydrogens (tertiary/aromatic N) is 1. The van der Waals surface area contributed by atoms with E-state index in [4.69, 9.17) is 4.74 Å². The number of anilines is 3. The summed E-state index contributed by atoms with van der Waals surface area (Å²) >= 11 is 0. The predicted octanol–water partition coefficient (Wildman–Crippen LogP) is 2.54. The van der Waals surface area contributed by atoms with Crippen molar-refractivity contribution in [2.24, 2.45) is 0 Å². The molecule has 0 spiro atoms. The SMILES string of the molecule is O=C(COC(=O)c1ccc2c(c1)NC(=O)[C@H]1CCCN21)Nc1cccc(F)c1.